The minimum atomic E-state index is 0.520. The second kappa shape index (κ2) is 7.89. The first-order chi connectivity index (χ1) is 12.4. The molecule has 134 valence electrons. The molecular weight excluding hydrogens is 364 g/mol. The molecule has 4 nitrogen and oxygen atoms in total. The van der Waals surface area contributed by atoms with Gasteiger partial charge in [0.2, 0.25) is 0 Å². The Balaban J connectivity index is 1.68. The Morgan fingerprint density at radius 3 is 2.65 bits per heavy atom. The molecule has 0 spiro atoms. The Kier molecular flexibility index (Phi) is 5.59. The molecule has 26 heavy (non-hydrogen) atoms. The van der Waals surface area contributed by atoms with Crippen LogP contribution in [0.1, 0.15) is 22.4 Å². The maximum absolute atomic E-state index is 6.06. The number of hydrogen-bond donors (Lipinski definition) is 2. The highest BCUT2D eigenvalue weighted by atomic mass is 35.5. The number of hydrogen-bond acceptors (Lipinski definition) is 2. The van der Waals surface area contributed by atoms with E-state index in [0.717, 1.165) is 27.5 Å². The van der Waals surface area contributed by atoms with Gasteiger partial charge in [-0.2, -0.15) is 5.10 Å². The molecule has 0 saturated heterocycles. The van der Waals surface area contributed by atoms with Gasteiger partial charge >= 0.3 is 0 Å². The third kappa shape index (κ3) is 4.62. The number of rotatable bonds is 4. The largest absolute Gasteiger partial charge is 0.332 e. The van der Waals surface area contributed by atoms with Crippen molar-refractivity contribution < 1.29 is 0 Å². The molecule has 2 N–H and O–H groups in total. The van der Waals surface area contributed by atoms with Gasteiger partial charge in [0, 0.05) is 22.5 Å². The van der Waals surface area contributed by atoms with Crippen LogP contribution in [0.25, 0.3) is 0 Å². The van der Waals surface area contributed by atoms with E-state index in [4.69, 9.17) is 23.8 Å². The van der Waals surface area contributed by atoms with Crippen LogP contribution in [0.2, 0.25) is 5.02 Å². The van der Waals surface area contributed by atoms with E-state index in [1.54, 1.807) is 0 Å². The molecule has 3 rings (SSSR count). The highest BCUT2D eigenvalue weighted by Gasteiger charge is 2.08. The quantitative estimate of drug-likeness (QED) is 0.597. The number of aromatic nitrogens is 2. The van der Waals surface area contributed by atoms with Crippen molar-refractivity contribution in [2.75, 3.05) is 10.6 Å². The van der Waals surface area contributed by atoms with E-state index in [2.05, 4.69) is 40.9 Å². The van der Waals surface area contributed by atoms with Crippen LogP contribution in [0.15, 0.2) is 48.5 Å². The number of benzene rings is 2. The van der Waals surface area contributed by atoms with Gasteiger partial charge in [-0.15, -0.1) is 0 Å². The Morgan fingerprint density at radius 1 is 1.08 bits per heavy atom. The van der Waals surface area contributed by atoms with Crippen LogP contribution in [-0.4, -0.2) is 14.9 Å². The zero-order valence-corrected chi connectivity index (χ0v) is 16.6. The minimum absolute atomic E-state index is 0.520. The van der Waals surface area contributed by atoms with Gasteiger partial charge in [-0.05, 0) is 67.9 Å². The van der Waals surface area contributed by atoms with Crippen LogP contribution in [0.5, 0.6) is 0 Å². The first-order valence-electron chi connectivity index (χ1n) is 8.35. The van der Waals surface area contributed by atoms with Crippen molar-refractivity contribution in [3.8, 4) is 0 Å². The number of thiocarbonyl (C=S) groups is 1. The van der Waals surface area contributed by atoms with Crippen molar-refractivity contribution in [2.45, 2.75) is 27.3 Å². The van der Waals surface area contributed by atoms with Gasteiger partial charge in [0.15, 0.2) is 10.9 Å². The topological polar surface area (TPSA) is 41.9 Å². The number of aryl methyl sites for hydroxylation is 3. The molecular formula is C20H21ClN4S. The second-order valence-corrected chi connectivity index (χ2v) is 7.20. The van der Waals surface area contributed by atoms with Crippen molar-refractivity contribution in [1.82, 2.24) is 9.78 Å². The van der Waals surface area contributed by atoms with Gasteiger partial charge in [-0.3, -0.25) is 4.68 Å². The zero-order chi connectivity index (χ0) is 18.7. The van der Waals surface area contributed by atoms with Crippen molar-refractivity contribution in [3.05, 3.63) is 75.9 Å². The fourth-order valence-corrected chi connectivity index (χ4v) is 3.11. The van der Waals surface area contributed by atoms with Gasteiger partial charge < -0.3 is 10.6 Å². The highest BCUT2D eigenvalue weighted by Crippen LogP contribution is 2.18. The fourth-order valence-electron chi connectivity index (χ4n) is 2.68. The summed E-state index contributed by atoms with van der Waals surface area (Å²) in [6, 6.07) is 16.0. The van der Waals surface area contributed by atoms with Crippen LogP contribution in [0, 0.1) is 20.8 Å². The van der Waals surface area contributed by atoms with Gasteiger partial charge in [0.25, 0.3) is 0 Å². The Bertz CT molecular complexity index is 949. The molecule has 3 aromatic rings. The third-order valence-electron chi connectivity index (χ3n) is 4.09. The summed E-state index contributed by atoms with van der Waals surface area (Å²) >= 11 is 11.5. The van der Waals surface area contributed by atoms with Gasteiger partial charge in [-0.25, -0.2) is 0 Å². The lowest BCUT2D eigenvalue weighted by Crippen LogP contribution is -2.20. The molecule has 0 aliphatic heterocycles. The van der Waals surface area contributed by atoms with E-state index >= 15 is 0 Å². The van der Waals surface area contributed by atoms with Gasteiger partial charge in [-0.1, -0.05) is 35.9 Å². The van der Waals surface area contributed by atoms with E-state index in [-0.39, 0.29) is 0 Å². The summed E-state index contributed by atoms with van der Waals surface area (Å²) in [4.78, 5) is 0. The van der Waals surface area contributed by atoms with Crippen molar-refractivity contribution in [2.24, 2.45) is 0 Å². The predicted molar refractivity (Wildman–Crippen MR) is 113 cm³/mol. The second-order valence-electron chi connectivity index (χ2n) is 6.36. The lowest BCUT2D eigenvalue weighted by molar-refractivity contribution is 0.668. The van der Waals surface area contributed by atoms with Gasteiger partial charge in [0.05, 0.1) is 6.54 Å². The van der Waals surface area contributed by atoms with Crippen molar-refractivity contribution in [3.63, 3.8) is 0 Å². The Labute approximate surface area is 164 Å². The molecule has 1 heterocycles. The van der Waals surface area contributed by atoms with Crippen LogP contribution in [-0.2, 0) is 6.54 Å². The van der Waals surface area contributed by atoms with Gasteiger partial charge in [0.1, 0.15) is 0 Å². The molecule has 2 aromatic carbocycles. The standard InChI is InChI=1S/C20H21ClN4S/c1-13-7-8-14(2)18(9-13)22-20(26)23-19-10-15(3)25(24-19)12-16-5-4-6-17(21)11-16/h4-11H,12H2,1-3H3,(H2,22,23,24,26). The number of halogens is 1. The predicted octanol–water partition coefficient (Wildman–Crippen LogP) is 5.32. The lowest BCUT2D eigenvalue weighted by atomic mass is 10.1. The highest BCUT2D eigenvalue weighted by molar-refractivity contribution is 7.80. The maximum Gasteiger partial charge on any atom is 0.176 e. The smallest absolute Gasteiger partial charge is 0.176 e. The maximum atomic E-state index is 6.06. The SMILES string of the molecule is Cc1ccc(C)c(NC(=S)Nc2cc(C)n(Cc3cccc(Cl)c3)n2)c1. The molecule has 0 saturated carbocycles. The van der Waals surface area contributed by atoms with Crippen LogP contribution in [0.4, 0.5) is 11.5 Å². The minimum Gasteiger partial charge on any atom is -0.332 e. The van der Waals surface area contributed by atoms with E-state index in [0.29, 0.717) is 17.5 Å². The van der Waals surface area contributed by atoms with Crippen molar-refractivity contribution >= 4 is 40.4 Å². The number of nitrogens with zero attached hydrogens (tertiary/aromatic N) is 2. The molecule has 6 heteroatoms. The van der Waals surface area contributed by atoms with Crippen LogP contribution >= 0.6 is 23.8 Å². The third-order valence-corrected chi connectivity index (χ3v) is 4.52. The molecule has 0 fully saturated rings. The summed E-state index contributed by atoms with van der Waals surface area (Å²) in [6.07, 6.45) is 0. The summed E-state index contributed by atoms with van der Waals surface area (Å²) in [6.45, 7) is 6.78. The molecule has 0 bridgehead atoms. The average Bonchev–Trinajstić information content (AvgIpc) is 2.90. The summed E-state index contributed by atoms with van der Waals surface area (Å²) in [5, 5.41) is 12.2. The van der Waals surface area contributed by atoms with E-state index in [1.807, 2.05) is 48.9 Å². The Hall–Kier alpha value is -2.37. The molecule has 0 radical (unpaired) electrons. The fraction of sp³-hybridized carbons (Fsp3) is 0.200. The summed E-state index contributed by atoms with van der Waals surface area (Å²) in [7, 11) is 0. The average molecular weight is 385 g/mol. The van der Waals surface area contributed by atoms with E-state index in [9.17, 15) is 0 Å². The first kappa shape index (κ1) is 18.4. The number of nitrogens with one attached hydrogen (secondary N) is 2. The summed E-state index contributed by atoms with van der Waals surface area (Å²) < 4.78 is 1.93. The monoisotopic (exact) mass is 384 g/mol. The van der Waals surface area contributed by atoms with Crippen molar-refractivity contribution in [1.29, 1.82) is 0 Å². The first-order valence-corrected chi connectivity index (χ1v) is 9.13. The molecule has 0 amide bonds. The zero-order valence-electron chi connectivity index (χ0n) is 15.0. The number of anilines is 2. The molecule has 0 aliphatic rings. The molecule has 0 aliphatic carbocycles. The summed E-state index contributed by atoms with van der Waals surface area (Å²) in [5.74, 6) is 0.715. The van der Waals surface area contributed by atoms with Crippen LogP contribution < -0.4 is 10.6 Å². The normalized spacial score (nSPS) is 10.6. The molecule has 0 atom stereocenters. The summed E-state index contributed by atoms with van der Waals surface area (Å²) in [5.41, 5.74) is 5.47. The molecule has 1 aromatic heterocycles. The molecule has 0 unspecified atom stereocenters. The van der Waals surface area contributed by atoms with E-state index < -0.39 is 0 Å². The lowest BCUT2D eigenvalue weighted by Gasteiger charge is -2.11. The Morgan fingerprint density at radius 2 is 1.88 bits per heavy atom. The van der Waals surface area contributed by atoms with E-state index in [1.165, 1.54) is 5.56 Å². The van der Waals surface area contributed by atoms with Crippen LogP contribution in [0.3, 0.4) is 0 Å².